The highest BCUT2D eigenvalue weighted by molar-refractivity contribution is 9.10. The van der Waals surface area contributed by atoms with Crippen LogP contribution in [0.25, 0.3) is 0 Å². The molecule has 0 bridgehead atoms. The Bertz CT molecular complexity index is 557. The normalized spacial score (nSPS) is 12.4. The summed E-state index contributed by atoms with van der Waals surface area (Å²) >= 11 is 9.50. The SMILES string of the molecule is NNC(Cc1c(F)cccc1Cl)c1ccccc1Br. The zero-order chi connectivity index (χ0) is 13.8. The zero-order valence-electron chi connectivity index (χ0n) is 10.0. The average molecular weight is 344 g/mol. The number of hydrazine groups is 1. The molecule has 0 aromatic heterocycles. The molecular formula is C14H13BrClFN2. The van der Waals surface area contributed by atoms with E-state index in [1.54, 1.807) is 12.1 Å². The third kappa shape index (κ3) is 3.34. The monoisotopic (exact) mass is 342 g/mol. The first-order valence-corrected chi connectivity index (χ1v) is 6.94. The van der Waals surface area contributed by atoms with Crippen molar-refractivity contribution >= 4 is 27.5 Å². The van der Waals surface area contributed by atoms with Gasteiger partial charge in [0.25, 0.3) is 0 Å². The Kier molecular flexibility index (Phi) is 4.93. The predicted octanol–water partition coefficient (Wildman–Crippen LogP) is 3.99. The molecule has 3 N–H and O–H groups in total. The molecule has 0 aliphatic rings. The third-order valence-electron chi connectivity index (χ3n) is 2.95. The summed E-state index contributed by atoms with van der Waals surface area (Å²) in [5, 5.41) is 0.410. The highest BCUT2D eigenvalue weighted by Gasteiger charge is 2.17. The van der Waals surface area contributed by atoms with Crippen molar-refractivity contribution in [3.63, 3.8) is 0 Å². The number of hydrogen-bond donors (Lipinski definition) is 2. The molecule has 0 radical (unpaired) electrons. The fraction of sp³-hybridized carbons (Fsp3) is 0.143. The van der Waals surface area contributed by atoms with Gasteiger partial charge < -0.3 is 0 Å². The molecule has 1 unspecified atom stereocenters. The number of rotatable bonds is 4. The van der Waals surface area contributed by atoms with Crippen molar-refractivity contribution in [1.29, 1.82) is 0 Å². The number of nitrogens with two attached hydrogens (primary N) is 1. The van der Waals surface area contributed by atoms with Gasteiger partial charge in [0.05, 0.1) is 6.04 Å². The molecular weight excluding hydrogens is 331 g/mol. The second kappa shape index (κ2) is 6.48. The van der Waals surface area contributed by atoms with Gasteiger partial charge in [0.2, 0.25) is 0 Å². The quantitative estimate of drug-likeness (QED) is 0.651. The van der Waals surface area contributed by atoms with E-state index in [9.17, 15) is 4.39 Å². The van der Waals surface area contributed by atoms with Gasteiger partial charge in [-0.2, -0.15) is 0 Å². The molecule has 0 saturated carbocycles. The summed E-state index contributed by atoms with van der Waals surface area (Å²) in [7, 11) is 0. The van der Waals surface area contributed by atoms with E-state index < -0.39 is 0 Å². The summed E-state index contributed by atoms with van der Waals surface area (Å²) in [5.74, 6) is 5.27. The van der Waals surface area contributed by atoms with Crippen LogP contribution in [0.1, 0.15) is 17.2 Å². The molecule has 2 nitrogen and oxygen atoms in total. The van der Waals surface area contributed by atoms with Gasteiger partial charge >= 0.3 is 0 Å². The highest BCUT2D eigenvalue weighted by Crippen LogP contribution is 2.29. The van der Waals surface area contributed by atoms with Gasteiger partial charge in [-0.25, -0.2) is 4.39 Å². The topological polar surface area (TPSA) is 38.0 Å². The molecule has 0 saturated heterocycles. The van der Waals surface area contributed by atoms with Gasteiger partial charge in [-0.3, -0.25) is 11.3 Å². The Morgan fingerprint density at radius 3 is 2.58 bits per heavy atom. The maximum atomic E-state index is 13.8. The van der Waals surface area contributed by atoms with Crippen LogP contribution in [0.2, 0.25) is 5.02 Å². The van der Waals surface area contributed by atoms with E-state index in [0.29, 0.717) is 17.0 Å². The first kappa shape index (κ1) is 14.5. The molecule has 2 aromatic carbocycles. The zero-order valence-corrected chi connectivity index (χ0v) is 12.4. The van der Waals surface area contributed by atoms with Crippen LogP contribution in [0.4, 0.5) is 4.39 Å². The minimum Gasteiger partial charge on any atom is -0.271 e. The van der Waals surface area contributed by atoms with Gasteiger partial charge in [-0.15, -0.1) is 0 Å². The lowest BCUT2D eigenvalue weighted by Gasteiger charge is -2.19. The van der Waals surface area contributed by atoms with Gasteiger partial charge in [0.1, 0.15) is 5.82 Å². The van der Waals surface area contributed by atoms with Crippen molar-refractivity contribution < 1.29 is 4.39 Å². The van der Waals surface area contributed by atoms with Crippen LogP contribution in [0.3, 0.4) is 0 Å². The van der Waals surface area contributed by atoms with E-state index in [1.165, 1.54) is 6.07 Å². The lowest BCUT2D eigenvalue weighted by Crippen LogP contribution is -2.30. The fourth-order valence-electron chi connectivity index (χ4n) is 1.95. The van der Waals surface area contributed by atoms with E-state index in [-0.39, 0.29) is 11.9 Å². The molecule has 0 heterocycles. The van der Waals surface area contributed by atoms with Gasteiger partial charge in [0, 0.05) is 15.1 Å². The minimum absolute atomic E-state index is 0.218. The number of hydrogen-bond acceptors (Lipinski definition) is 2. The lowest BCUT2D eigenvalue weighted by molar-refractivity contribution is 0.528. The molecule has 0 amide bonds. The number of nitrogens with one attached hydrogen (secondary N) is 1. The van der Waals surface area contributed by atoms with Gasteiger partial charge in [-0.05, 0) is 30.2 Å². The van der Waals surface area contributed by atoms with Gasteiger partial charge in [0.15, 0.2) is 0 Å². The Balaban J connectivity index is 2.32. The smallest absolute Gasteiger partial charge is 0.127 e. The molecule has 100 valence electrons. The highest BCUT2D eigenvalue weighted by atomic mass is 79.9. The summed E-state index contributed by atoms with van der Waals surface area (Å²) in [6.45, 7) is 0. The van der Waals surface area contributed by atoms with E-state index in [4.69, 9.17) is 17.4 Å². The molecule has 2 aromatic rings. The van der Waals surface area contributed by atoms with Crippen molar-refractivity contribution in [2.45, 2.75) is 12.5 Å². The maximum absolute atomic E-state index is 13.8. The molecule has 0 spiro atoms. The standard InChI is InChI=1S/C14H13BrClFN2/c15-11-5-2-1-4-9(11)14(19-18)8-10-12(16)6-3-7-13(10)17/h1-7,14,19H,8,18H2. The van der Waals surface area contributed by atoms with Crippen LogP contribution in [0, 0.1) is 5.82 Å². The van der Waals surface area contributed by atoms with Crippen molar-refractivity contribution in [3.8, 4) is 0 Å². The Morgan fingerprint density at radius 1 is 1.21 bits per heavy atom. The van der Waals surface area contributed by atoms with E-state index in [1.807, 2.05) is 24.3 Å². The molecule has 1 atom stereocenters. The number of benzene rings is 2. The van der Waals surface area contributed by atoms with E-state index >= 15 is 0 Å². The molecule has 0 aliphatic carbocycles. The summed E-state index contributed by atoms with van der Waals surface area (Å²) in [6, 6.07) is 12.1. The van der Waals surface area contributed by atoms with Crippen LogP contribution < -0.4 is 11.3 Å². The first-order valence-electron chi connectivity index (χ1n) is 5.77. The van der Waals surface area contributed by atoms with Crippen molar-refractivity contribution in [3.05, 3.63) is 68.9 Å². The Hall–Kier alpha value is -0.940. The van der Waals surface area contributed by atoms with E-state index in [0.717, 1.165) is 10.0 Å². The van der Waals surface area contributed by atoms with Crippen LogP contribution in [-0.4, -0.2) is 0 Å². The molecule has 0 aliphatic heterocycles. The Morgan fingerprint density at radius 2 is 1.95 bits per heavy atom. The van der Waals surface area contributed by atoms with E-state index in [2.05, 4.69) is 21.4 Å². The summed E-state index contributed by atoms with van der Waals surface area (Å²) in [4.78, 5) is 0. The summed E-state index contributed by atoms with van der Waals surface area (Å²) < 4.78 is 14.7. The largest absolute Gasteiger partial charge is 0.271 e. The molecule has 2 rings (SSSR count). The second-order valence-electron chi connectivity index (χ2n) is 4.15. The molecule has 19 heavy (non-hydrogen) atoms. The van der Waals surface area contributed by atoms with Crippen LogP contribution in [-0.2, 0) is 6.42 Å². The van der Waals surface area contributed by atoms with Crippen molar-refractivity contribution in [2.24, 2.45) is 5.84 Å². The lowest BCUT2D eigenvalue weighted by atomic mass is 9.99. The van der Waals surface area contributed by atoms with Crippen LogP contribution >= 0.6 is 27.5 Å². The molecule has 5 heteroatoms. The average Bonchev–Trinajstić information content (AvgIpc) is 2.40. The van der Waals surface area contributed by atoms with Crippen LogP contribution in [0.15, 0.2) is 46.9 Å². The maximum Gasteiger partial charge on any atom is 0.127 e. The number of halogens is 3. The van der Waals surface area contributed by atoms with Crippen molar-refractivity contribution in [1.82, 2.24) is 5.43 Å². The first-order chi connectivity index (χ1) is 9.13. The van der Waals surface area contributed by atoms with Crippen LogP contribution in [0.5, 0.6) is 0 Å². The summed E-state index contributed by atoms with van der Waals surface area (Å²) in [6.07, 6.45) is 0.380. The Labute approximate surface area is 124 Å². The minimum atomic E-state index is -0.320. The second-order valence-corrected chi connectivity index (χ2v) is 5.41. The van der Waals surface area contributed by atoms with Gasteiger partial charge in [-0.1, -0.05) is 51.8 Å². The summed E-state index contributed by atoms with van der Waals surface area (Å²) in [5.41, 5.74) is 4.13. The van der Waals surface area contributed by atoms with Crippen molar-refractivity contribution in [2.75, 3.05) is 0 Å². The fourth-order valence-corrected chi connectivity index (χ4v) is 2.75. The molecule has 0 fully saturated rings. The third-order valence-corrected chi connectivity index (χ3v) is 4.03. The predicted molar refractivity (Wildman–Crippen MR) is 79.3 cm³/mol.